The first kappa shape index (κ1) is 9.04. The molecular formula is C10H15NO. The van der Waals surface area contributed by atoms with Crippen LogP contribution in [0.25, 0.3) is 0 Å². The third-order valence-corrected chi connectivity index (χ3v) is 1.92. The standard InChI is InChI=1S/C10H15NO/c1-7-8(10(2,3)4)5-6-9(12)11-7/h5-6H,1-4H3,(H,11,12). The molecule has 0 aromatic carbocycles. The maximum atomic E-state index is 10.9. The molecule has 1 rings (SSSR count). The Hall–Kier alpha value is -1.05. The molecule has 0 spiro atoms. The van der Waals surface area contributed by atoms with E-state index < -0.39 is 0 Å². The number of aromatic nitrogens is 1. The predicted molar refractivity (Wildman–Crippen MR) is 50.5 cm³/mol. The first-order valence-corrected chi connectivity index (χ1v) is 4.11. The van der Waals surface area contributed by atoms with Crippen LogP contribution in [0.4, 0.5) is 0 Å². The van der Waals surface area contributed by atoms with Crippen molar-refractivity contribution >= 4 is 0 Å². The molecule has 1 aromatic rings. The summed E-state index contributed by atoms with van der Waals surface area (Å²) >= 11 is 0. The van der Waals surface area contributed by atoms with Gasteiger partial charge in [-0.15, -0.1) is 0 Å². The van der Waals surface area contributed by atoms with Crippen LogP contribution >= 0.6 is 0 Å². The molecule has 2 nitrogen and oxygen atoms in total. The Morgan fingerprint density at radius 3 is 2.25 bits per heavy atom. The van der Waals surface area contributed by atoms with Crippen LogP contribution in [0.5, 0.6) is 0 Å². The minimum atomic E-state index is -0.0273. The second kappa shape index (κ2) is 2.77. The number of hydrogen-bond acceptors (Lipinski definition) is 1. The average molecular weight is 165 g/mol. The van der Waals surface area contributed by atoms with Crippen LogP contribution < -0.4 is 5.56 Å². The van der Waals surface area contributed by atoms with E-state index in [1.165, 1.54) is 5.56 Å². The van der Waals surface area contributed by atoms with E-state index in [1.54, 1.807) is 6.07 Å². The number of pyridine rings is 1. The van der Waals surface area contributed by atoms with Crippen LogP contribution in [0.1, 0.15) is 32.0 Å². The average Bonchev–Trinajstić information content (AvgIpc) is 1.83. The molecule has 2 heteroatoms. The zero-order chi connectivity index (χ0) is 9.35. The Kier molecular flexibility index (Phi) is 2.09. The fourth-order valence-corrected chi connectivity index (χ4v) is 1.39. The quantitative estimate of drug-likeness (QED) is 0.626. The smallest absolute Gasteiger partial charge is 0.248 e. The third kappa shape index (κ3) is 1.76. The Morgan fingerprint density at radius 2 is 1.83 bits per heavy atom. The number of aryl methyl sites for hydroxylation is 1. The molecule has 12 heavy (non-hydrogen) atoms. The first-order chi connectivity index (χ1) is 5.41. The zero-order valence-electron chi connectivity index (χ0n) is 8.06. The van der Waals surface area contributed by atoms with Crippen molar-refractivity contribution in [3.8, 4) is 0 Å². The van der Waals surface area contributed by atoms with Gasteiger partial charge in [0.05, 0.1) is 0 Å². The molecule has 0 saturated carbocycles. The van der Waals surface area contributed by atoms with Gasteiger partial charge in [0.1, 0.15) is 0 Å². The van der Waals surface area contributed by atoms with Gasteiger partial charge in [0.25, 0.3) is 0 Å². The van der Waals surface area contributed by atoms with Gasteiger partial charge in [-0.3, -0.25) is 4.79 Å². The Bertz CT molecular complexity index is 330. The van der Waals surface area contributed by atoms with E-state index in [2.05, 4.69) is 25.8 Å². The summed E-state index contributed by atoms with van der Waals surface area (Å²) in [5.74, 6) is 0. The molecule has 0 saturated heterocycles. The summed E-state index contributed by atoms with van der Waals surface area (Å²) in [6, 6.07) is 3.47. The molecule has 0 bridgehead atoms. The van der Waals surface area contributed by atoms with E-state index in [-0.39, 0.29) is 11.0 Å². The van der Waals surface area contributed by atoms with Crippen molar-refractivity contribution in [2.45, 2.75) is 33.1 Å². The van der Waals surface area contributed by atoms with Crippen molar-refractivity contribution in [2.75, 3.05) is 0 Å². The first-order valence-electron chi connectivity index (χ1n) is 4.11. The second-order valence-corrected chi connectivity index (χ2v) is 4.11. The highest BCUT2D eigenvalue weighted by Crippen LogP contribution is 2.22. The lowest BCUT2D eigenvalue weighted by atomic mass is 9.86. The lowest BCUT2D eigenvalue weighted by molar-refractivity contribution is 0.581. The summed E-state index contributed by atoms with van der Waals surface area (Å²) in [5, 5.41) is 0. The van der Waals surface area contributed by atoms with Crippen LogP contribution in [0.2, 0.25) is 0 Å². The van der Waals surface area contributed by atoms with Crippen molar-refractivity contribution in [3.63, 3.8) is 0 Å². The van der Waals surface area contributed by atoms with E-state index in [4.69, 9.17) is 0 Å². The summed E-state index contributed by atoms with van der Waals surface area (Å²) in [7, 11) is 0. The van der Waals surface area contributed by atoms with Crippen LogP contribution in [-0.2, 0) is 5.41 Å². The maximum absolute atomic E-state index is 10.9. The molecule has 0 aliphatic heterocycles. The fraction of sp³-hybridized carbons (Fsp3) is 0.500. The molecule has 0 aliphatic rings. The van der Waals surface area contributed by atoms with Crippen LogP contribution in [0.3, 0.4) is 0 Å². The van der Waals surface area contributed by atoms with Gasteiger partial charge < -0.3 is 4.98 Å². The number of nitrogens with one attached hydrogen (secondary N) is 1. The highest BCUT2D eigenvalue weighted by atomic mass is 16.1. The van der Waals surface area contributed by atoms with Crippen molar-refractivity contribution in [1.29, 1.82) is 0 Å². The number of H-pyrrole nitrogens is 1. The van der Waals surface area contributed by atoms with E-state index in [1.807, 2.05) is 13.0 Å². The Balaban J connectivity index is 3.28. The minimum absolute atomic E-state index is 0.0273. The van der Waals surface area contributed by atoms with Gasteiger partial charge in [-0.25, -0.2) is 0 Å². The largest absolute Gasteiger partial charge is 0.326 e. The molecule has 1 N–H and O–H groups in total. The predicted octanol–water partition coefficient (Wildman–Crippen LogP) is 1.98. The summed E-state index contributed by atoms with van der Waals surface area (Å²) in [6.45, 7) is 8.33. The van der Waals surface area contributed by atoms with E-state index >= 15 is 0 Å². The highest BCUT2D eigenvalue weighted by Gasteiger charge is 2.15. The molecule has 1 heterocycles. The van der Waals surface area contributed by atoms with E-state index in [9.17, 15) is 4.79 Å². The van der Waals surface area contributed by atoms with Crippen LogP contribution in [0.15, 0.2) is 16.9 Å². The minimum Gasteiger partial charge on any atom is -0.326 e. The SMILES string of the molecule is Cc1[nH]c(=O)ccc1C(C)(C)C. The monoisotopic (exact) mass is 165 g/mol. The van der Waals surface area contributed by atoms with Crippen LogP contribution in [-0.4, -0.2) is 4.98 Å². The summed E-state index contributed by atoms with van der Waals surface area (Å²) in [4.78, 5) is 13.7. The molecule has 1 aromatic heterocycles. The Labute approximate surface area is 72.6 Å². The van der Waals surface area contributed by atoms with Crippen molar-refractivity contribution in [1.82, 2.24) is 4.98 Å². The molecule has 0 atom stereocenters. The van der Waals surface area contributed by atoms with Crippen molar-refractivity contribution < 1.29 is 0 Å². The second-order valence-electron chi connectivity index (χ2n) is 4.11. The van der Waals surface area contributed by atoms with Gasteiger partial charge in [-0.05, 0) is 17.9 Å². The third-order valence-electron chi connectivity index (χ3n) is 1.92. The summed E-state index contributed by atoms with van der Waals surface area (Å²) < 4.78 is 0. The summed E-state index contributed by atoms with van der Waals surface area (Å²) in [6.07, 6.45) is 0. The van der Waals surface area contributed by atoms with E-state index in [0.717, 1.165) is 5.69 Å². The molecule has 0 aliphatic carbocycles. The molecule has 0 amide bonds. The van der Waals surface area contributed by atoms with E-state index in [0.29, 0.717) is 0 Å². The number of rotatable bonds is 0. The molecule has 0 unspecified atom stereocenters. The van der Waals surface area contributed by atoms with Crippen molar-refractivity contribution in [2.24, 2.45) is 0 Å². The van der Waals surface area contributed by atoms with Crippen molar-refractivity contribution in [3.05, 3.63) is 33.7 Å². The number of hydrogen-bond donors (Lipinski definition) is 1. The van der Waals surface area contributed by atoms with Gasteiger partial charge in [-0.1, -0.05) is 26.8 Å². The zero-order valence-corrected chi connectivity index (χ0v) is 8.06. The lowest BCUT2D eigenvalue weighted by Crippen LogP contribution is -2.17. The van der Waals surface area contributed by atoms with Gasteiger partial charge in [0, 0.05) is 11.8 Å². The summed E-state index contributed by atoms with van der Waals surface area (Å²) in [5.41, 5.74) is 2.24. The fourth-order valence-electron chi connectivity index (χ4n) is 1.39. The topological polar surface area (TPSA) is 32.9 Å². The van der Waals surface area contributed by atoms with Gasteiger partial charge in [0.2, 0.25) is 5.56 Å². The molecule has 0 fully saturated rings. The van der Waals surface area contributed by atoms with Crippen LogP contribution in [0, 0.1) is 6.92 Å². The normalized spacial score (nSPS) is 11.7. The molecular weight excluding hydrogens is 150 g/mol. The molecule has 66 valence electrons. The lowest BCUT2D eigenvalue weighted by Gasteiger charge is -2.20. The maximum Gasteiger partial charge on any atom is 0.248 e. The number of aromatic amines is 1. The van der Waals surface area contributed by atoms with Gasteiger partial charge >= 0.3 is 0 Å². The molecule has 0 radical (unpaired) electrons. The van der Waals surface area contributed by atoms with Gasteiger partial charge in [-0.2, -0.15) is 0 Å². The highest BCUT2D eigenvalue weighted by molar-refractivity contribution is 5.25. The van der Waals surface area contributed by atoms with Gasteiger partial charge in [0.15, 0.2) is 0 Å². The Morgan fingerprint density at radius 1 is 1.25 bits per heavy atom.